The standard InChI is InChI=1S/C19H22F2N2O2S/c20-18-5-1-16(2-6-18)9-10-22-11-13-23(14-12-22)26(24,25)15-17-3-7-19(21)8-4-17/h1-8H,9-15H2. The van der Waals surface area contributed by atoms with Gasteiger partial charge in [-0.2, -0.15) is 4.31 Å². The van der Waals surface area contributed by atoms with Gasteiger partial charge in [0, 0.05) is 32.7 Å². The van der Waals surface area contributed by atoms with Crippen LogP contribution < -0.4 is 0 Å². The third kappa shape index (κ3) is 5.09. The number of hydrogen-bond acceptors (Lipinski definition) is 3. The van der Waals surface area contributed by atoms with Crippen LogP contribution in [0.15, 0.2) is 48.5 Å². The van der Waals surface area contributed by atoms with Gasteiger partial charge in [0.15, 0.2) is 0 Å². The molecule has 2 aromatic rings. The summed E-state index contributed by atoms with van der Waals surface area (Å²) in [7, 11) is -3.40. The van der Waals surface area contributed by atoms with Gasteiger partial charge in [-0.15, -0.1) is 0 Å². The average Bonchev–Trinajstić information content (AvgIpc) is 2.63. The van der Waals surface area contributed by atoms with Crippen LogP contribution >= 0.6 is 0 Å². The zero-order chi connectivity index (χ0) is 18.6. The Hall–Kier alpha value is -1.83. The molecule has 26 heavy (non-hydrogen) atoms. The number of hydrogen-bond donors (Lipinski definition) is 0. The Balaban J connectivity index is 1.49. The molecule has 0 atom stereocenters. The van der Waals surface area contributed by atoms with Gasteiger partial charge >= 0.3 is 0 Å². The lowest BCUT2D eigenvalue weighted by atomic mass is 10.1. The molecule has 1 heterocycles. The predicted octanol–water partition coefficient (Wildman–Crippen LogP) is 2.65. The van der Waals surface area contributed by atoms with E-state index in [-0.39, 0.29) is 17.4 Å². The first-order valence-electron chi connectivity index (χ1n) is 8.61. The summed E-state index contributed by atoms with van der Waals surface area (Å²) >= 11 is 0. The molecule has 4 nitrogen and oxygen atoms in total. The van der Waals surface area contributed by atoms with Gasteiger partial charge in [-0.25, -0.2) is 17.2 Å². The normalized spacial score (nSPS) is 16.7. The highest BCUT2D eigenvalue weighted by Gasteiger charge is 2.26. The molecule has 0 radical (unpaired) electrons. The fourth-order valence-corrected chi connectivity index (χ4v) is 4.57. The van der Waals surface area contributed by atoms with E-state index in [9.17, 15) is 17.2 Å². The number of halogens is 2. The van der Waals surface area contributed by atoms with Gasteiger partial charge in [0.25, 0.3) is 0 Å². The van der Waals surface area contributed by atoms with E-state index >= 15 is 0 Å². The third-order valence-corrected chi connectivity index (χ3v) is 6.47. The van der Waals surface area contributed by atoms with Crippen LogP contribution in [0, 0.1) is 11.6 Å². The lowest BCUT2D eigenvalue weighted by Gasteiger charge is -2.34. The monoisotopic (exact) mass is 380 g/mol. The minimum atomic E-state index is -3.40. The third-order valence-electron chi connectivity index (χ3n) is 4.62. The zero-order valence-electron chi connectivity index (χ0n) is 14.4. The molecule has 140 valence electrons. The van der Waals surface area contributed by atoms with Crippen molar-refractivity contribution in [1.29, 1.82) is 0 Å². The molecule has 1 fully saturated rings. The number of piperazine rings is 1. The van der Waals surface area contributed by atoms with Gasteiger partial charge in [-0.05, 0) is 41.8 Å². The van der Waals surface area contributed by atoms with Crippen molar-refractivity contribution in [1.82, 2.24) is 9.21 Å². The van der Waals surface area contributed by atoms with Crippen molar-refractivity contribution in [2.45, 2.75) is 12.2 Å². The molecule has 1 aliphatic rings. The maximum absolute atomic E-state index is 12.9. The smallest absolute Gasteiger partial charge is 0.218 e. The lowest BCUT2D eigenvalue weighted by Crippen LogP contribution is -2.49. The highest BCUT2D eigenvalue weighted by molar-refractivity contribution is 7.88. The maximum Gasteiger partial charge on any atom is 0.218 e. The SMILES string of the molecule is O=S(=O)(Cc1ccc(F)cc1)N1CCN(CCc2ccc(F)cc2)CC1. The Morgan fingerprint density at radius 3 is 1.81 bits per heavy atom. The molecule has 0 unspecified atom stereocenters. The number of nitrogens with zero attached hydrogens (tertiary/aromatic N) is 2. The summed E-state index contributed by atoms with van der Waals surface area (Å²) in [5.74, 6) is -0.724. The summed E-state index contributed by atoms with van der Waals surface area (Å²) in [6.45, 7) is 3.06. The van der Waals surface area contributed by atoms with Crippen LogP contribution in [0.3, 0.4) is 0 Å². The van der Waals surface area contributed by atoms with Crippen LogP contribution in [-0.4, -0.2) is 50.3 Å². The molecule has 0 bridgehead atoms. The molecule has 0 saturated carbocycles. The Labute approximate surface area is 153 Å². The highest BCUT2D eigenvalue weighted by atomic mass is 32.2. The first-order chi connectivity index (χ1) is 12.4. The van der Waals surface area contributed by atoms with Gasteiger partial charge in [-0.3, -0.25) is 0 Å². The van der Waals surface area contributed by atoms with E-state index in [1.165, 1.54) is 40.7 Å². The molecule has 1 saturated heterocycles. The second kappa shape index (κ2) is 8.24. The molecular formula is C19H22F2N2O2S. The quantitative estimate of drug-likeness (QED) is 0.774. The fourth-order valence-electron chi connectivity index (χ4n) is 3.05. The lowest BCUT2D eigenvalue weighted by molar-refractivity contribution is 0.190. The van der Waals surface area contributed by atoms with E-state index in [4.69, 9.17) is 0 Å². The van der Waals surface area contributed by atoms with Crippen molar-refractivity contribution < 1.29 is 17.2 Å². The van der Waals surface area contributed by atoms with Crippen molar-refractivity contribution in [3.05, 3.63) is 71.3 Å². The Bertz CT molecular complexity index is 816. The van der Waals surface area contributed by atoms with Crippen molar-refractivity contribution in [2.24, 2.45) is 0 Å². The van der Waals surface area contributed by atoms with Crippen molar-refractivity contribution in [3.8, 4) is 0 Å². The highest BCUT2D eigenvalue weighted by Crippen LogP contribution is 2.15. The van der Waals surface area contributed by atoms with Crippen LogP contribution in [0.4, 0.5) is 8.78 Å². The molecule has 1 aliphatic heterocycles. The second-order valence-electron chi connectivity index (χ2n) is 6.50. The number of sulfonamides is 1. The van der Waals surface area contributed by atoms with Crippen LogP contribution in [0.2, 0.25) is 0 Å². The van der Waals surface area contributed by atoms with E-state index in [2.05, 4.69) is 4.90 Å². The summed E-state index contributed by atoms with van der Waals surface area (Å²) in [4.78, 5) is 2.22. The summed E-state index contributed by atoms with van der Waals surface area (Å²) in [6, 6.07) is 12.0. The largest absolute Gasteiger partial charge is 0.300 e. The molecule has 0 spiro atoms. The molecule has 0 aliphatic carbocycles. The topological polar surface area (TPSA) is 40.6 Å². The van der Waals surface area contributed by atoms with Gasteiger partial charge < -0.3 is 4.90 Å². The van der Waals surface area contributed by atoms with Crippen molar-refractivity contribution in [3.63, 3.8) is 0 Å². The number of rotatable bonds is 6. The van der Waals surface area contributed by atoms with E-state index < -0.39 is 10.0 Å². The first-order valence-corrected chi connectivity index (χ1v) is 10.2. The molecule has 0 amide bonds. The molecule has 2 aromatic carbocycles. The summed E-state index contributed by atoms with van der Waals surface area (Å²) < 4.78 is 52.4. The van der Waals surface area contributed by atoms with Gasteiger partial charge in [-0.1, -0.05) is 24.3 Å². The predicted molar refractivity (Wildman–Crippen MR) is 97.1 cm³/mol. The minimum Gasteiger partial charge on any atom is -0.300 e. The van der Waals surface area contributed by atoms with Crippen LogP contribution in [0.5, 0.6) is 0 Å². The number of benzene rings is 2. The molecule has 7 heteroatoms. The van der Waals surface area contributed by atoms with E-state index in [0.29, 0.717) is 31.7 Å². The summed E-state index contributed by atoms with van der Waals surface area (Å²) in [6.07, 6.45) is 0.808. The van der Waals surface area contributed by atoms with Gasteiger partial charge in [0.1, 0.15) is 11.6 Å². The van der Waals surface area contributed by atoms with E-state index in [1.54, 1.807) is 12.1 Å². The van der Waals surface area contributed by atoms with Crippen molar-refractivity contribution >= 4 is 10.0 Å². The van der Waals surface area contributed by atoms with E-state index in [0.717, 1.165) is 18.5 Å². The molecule has 0 aromatic heterocycles. The van der Waals surface area contributed by atoms with Crippen molar-refractivity contribution in [2.75, 3.05) is 32.7 Å². The average molecular weight is 380 g/mol. The first kappa shape index (κ1) is 18.9. The minimum absolute atomic E-state index is 0.108. The Morgan fingerprint density at radius 2 is 1.27 bits per heavy atom. The fraction of sp³-hybridized carbons (Fsp3) is 0.368. The second-order valence-corrected chi connectivity index (χ2v) is 8.47. The van der Waals surface area contributed by atoms with Crippen LogP contribution in [-0.2, 0) is 22.2 Å². The summed E-state index contributed by atoms with van der Waals surface area (Å²) in [5.41, 5.74) is 1.66. The molecular weight excluding hydrogens is 358 g/mol. The van der Waals surface area contributed by atoms with Crippen LogP contribution in [0.25, 0.3) is 0 Å². The molecule has 0 N–H and O–H groups in total. The summed E-state index contributed by atoms with van der Waals surface area (Å²) in [5, 5.41) is 0. The Kier molecular flexibility index (Phi) is 6.01. The van der Waals surface area contributed by atoms with E-state index in [1.807, 2.05) is 0 Å². The Morgan fingerprint density at radius 1 is 0.769 bits per heavy atom. The zero-order valence-corrected chi connectivity index (χ0v) is 15.3. The van der Waals surface area contributed by atoms with Gasteiger partial charge in [0.05, 0.1) is 5.75 Å². The molecule has 3 rings (SSSR count). The van der Waals surface area contributed by atoms with Gasteiger partial charge in [0.2, 0.25) is 10.0 Å². The van der Waals surface area contributed by atoms with Crippen LogP contribution in [0.1, 0.15) is 11.1 Å². The maximum atomic E-state index is 12.9.